The Kier molecular flexibility index (Phi) is 4.26. The first-order valence-corrected chi connectivity index (χ1v) is 6.08. The number of aromatic nitrogens is 1. The van der Waals surface area contributed by atoms with Crippen molar-refractivity contribution in [3.63, 3.8) is 0 Å². The van der Waals surface area contributed by atoms with E-state index in [1.807, 2.05) is 0 Å². The summed E-state index contributed by atoms with van der Waals surface area (Å²) in [4.78, 5) is 15.9. The molecular formula is C15H12F3NO2. The lowest BCUT2D eigenvalue weighted by Crippen LogP contribution is -2.08. The maximum atomic E-state index is 12.6. The number of pyridine rings is 1. The third kappa shape index (κ3) is 3.81. The normalized spacial score (nSPS) is 11.2. The number of hydrogen-bond donors (Lipinski definition) is 0. The minimum atomic E-state index is -4.42. The molecule has 0 N–H and O–H groups in total. The number of ketones is 1. The van der Waals surface area contributed by atoms with E-state index in [1.54, 1.807) is 0 Å². The molecule has 0 saturated carbocycles. The van der Waals surface area contributed by atoms with Gasteiger partial charge in [-0.05, 0) is 17.7 Å². The van der Waals surface area contributed by atoms with Crippen LogP contribution in [0.25, 0.3) is 0 Å². The van der Waals surface area contributed by atoms with Crippen molar-refractivity contribution in [2.45, 2.75) is 12.6 Å². The fourth-order valence-electron chi connectivity index (χ4n) is 1.83. The van der Waals surface area contributed by atoms with E-state index in [4.69, 9.17) is 4.74 Å². The Balaban J connectivity index is 2.19. The van der Waals surface area contributed by atoms with Gasteiger partial charge < -0.3 is 4.74 Å². The minimum Gasteiger partial charge on any atom is -0.495 e. The lowest BCUT2D eigenvalue weighted by atomic mass is 10.0. The number of methoxy groups -OCH3 is 1. The van der Waals surface area contributed by atoms with E-state index in [2.05, 4.69) is 4.98 Å². The van der Waals surface area contributed by atoms with Crippen molar-refractivity contribution >= 4 is 5.78 Å². The Hall–Kier alpha value is -2.37. The van der Waals surface area contributed by atoms with Gasteiger partial charge in [-0.15, -0.1) is 0 Å². The Bertz CT molecular complexity index is 653. The quantitative estimate of drug-likeness (QED) is 0.810. The molecule has 21 heavy (non-hydrogen) atoms. The summed E-state index contributed by atoms with van der Waals surface area (Å²) in [5, 5.41) is 0. The molecule has 0 aliphatic heterocycles. The Morgan fingerprint density at radius 2 is 2.00 bits per heavy atom. The first-order chi connectivity index (χ1) is 9.90. The zero-order valence-electron chi connectivity index (χ0n) is 11.1. The highest BCUT2D eigenvalue weighted by molar-refractivity contribution is 5.97. The first kappa shape index (κ1) is 15.0. The molecule has 1 heterocycles. The predicted octanol–water partition coefficient (Wildman–Crippen LogP) is 3.53. The van der Waals surface area contributed by atoms with E-state index in [0.717, 1.165) is 12.1 Å². The maximum Gasteiger partial charge on any atom is 0.416 e. The molecule has 0 atom stereocenters. The van der Waals surface area contributed by atoms with E-state index in [0.29, 0.717) is 16.9 Å². The van der Waals surface area contributed by atoms with Gasteiger partial charge in [0, 0.05) is 18.2 Å². The van der Waals surface area contributed by atoms with Crippen LogP contribution >= 0.6 is 0 Å². The van der Waals surface area contributed by atoms with Gasteiger partial charge in [0.2, 0.25) is 0 Å². The molecule has 0 aliphatic carbocycles. The van der Waals surface area contributed by atoms with Crippen LogP contribution in [0.15, 0.2) is 42.7 Å². The van der Waals surface area contributed by atoms with E-state index in [9.17, 15) is 18.0 Å². The molecule has 2 rings (SSSR count). The van der Waals surface area contributed by atoms with Gasteiger partial charge in [-0.2, -0.15) is 13.2 Å². The van der Waals surface area contributed by atoms with Gasteiger partial charge in [0.05, 0.1) is 18.9 Å². The fraction of sp³-hybridized carbons (Fsp3) is 0.200. The molecule has 1 aromatic heterocycles. The molecule has 0 fully saturated rings. The summed E-state index contributed by atoms with van der Waals surface area (Å²) in [6, 6.07) is 6.23. The SMILES string of the molecule is COc1cncc(C(=O)Cc2cccc(C(F)(F)F)c2)c1. The van der Waals surface area contributed by atoms with Gasteiger partial charge in [-0.1, -0.05) is 18.2 Å². The van der Waals surface area contributed by atoms with Gasteiger partial charge in [-0.3, -0.25) is 9.78 Å². The maximum absolute atomic E-state index is 12.6. The van der Waals surface area contributed by atoms with Gasteiger partial charge >= 0.3 is 6.18 Å². The number of halogens is 3. The summed E-state index contributed by atoms with van der Waals surface area (Å²) >= 11 is 0. The molecule has 0 spiro atoms. The molecule has 0 radical (unpaired) electrons. The summed E-state index contributed by atoms with van der Waals surface area (Å²) in [5.41, 5.74) is -0.166. The number of carbonyl (C=O) groups excluding carboxylic acids is 1. The van der Waals surface area contributed by atoms with Crippen LogP contribution in [-0.2, 0) is 12.6 Å². The van der Waals surface area contributed by atoms with Crippen molar-refractivity contribution in [2.24, 2.45) is 0 Å². The summed E-state index contributed by atoms with van der Waals surface area (Å²) in [6.07, 6.45) is -1.74. The molecule has 0 bridgehead atoms. The topological polar surface area (TPSA) is 39.2 Å². The molecule has 0 unspecified atom stereocenters. The monoisotopic (exact) mass is 295 g/mol. The Labute approximate surface area is 119 Å². The summed E-state index contributed by atoms with van der Waals surface area (Å²) in [6.45, 7) is 0. The molecule has 0 aliphatic rings. The minimum absolute atomic E-state index is 0.126. The smallest absolute Gasteiger partial charge is 0.416 e. The summed E-state index contributed by atoms with van der Waals surface area (Å²) in [5.74, 6) is 0.102. The van der Waals surface area contributed by atoms with Crippen LogP contribution in [0.3, 0.4) is 0 Å². The number of benzene rings is 1. The largest absolute Gasteiger partial charge is 0.495 e. The third-order valence-electron chi connectivity index (χ3n) is 2.89. The average molecular weight is 295 g/mol. The third-order valence-corrected chi connectivity index (χ3v) is 2.89. The fourth-order valence-corrected chi connectivity index (χ4v) is 1.83. The molecule has 0 saturated heterocycles. The van der Waals surface area contributed by atoms with Crippen molar-refractivity contribution in [1.82, 2.24) is 4.98 Å². The number of ether oxygens (including phenoxy) is 1. The summed E-state index contributed by atoms with van der Waals surface area (Å²) in [7, 11) is 1.44. The highest BCUT2D eigenvalue weighted by Gasteiger charge is 2.30. The molecule has 3 nitrogen and oxygen atoms in total. The molecule has 0 amide bonds. The second kappa shape index (κ2) is 5.95. The lowest BCUT2D eigenvalue weighted by Gasteiger charge is -2.08. The van der Waals surface area contributed by atoms with Crippen LogP contribution in [0.5, 0.6) is 5.75 Å². The number of alkyl halides is 3. The summed E-state index contributed by atoms with van der Waals surface area (Å²) < 4.78 is 42.8. The highest BCUT2D eigenvalue weighted by Crippen LogP contribution is 2.29. The number of Topliss-reactive ketones (excluding diaryl/α,β-unsaturated/α-hetero) is 1. The highest BCUT2D eigenvalue weighted by atomic mass is 19.4. The second-order valence-corrected chi connectivity index (χ2v) is 4.41. The van der Waals surface area contributed by atoms with Crippen molar-refractivity contribution in [3.05, 3.63) is 59.4 Å². The Morgan fingerprint density at radius 1 is 1.24 bits per heavy atom. The number of rotatable bonds is 4. The number of hydrogen-bond acceptors (Lipinski definition) is 3. The van der Waals surface area contributed by atoms with Crippen LogP contribution in [-0.4, -0.2) is 17.9 Å². The van der Waals surface area contributed by atoms with Gasteiger partial charge in [0.1, 0.15) is 5.75 Å². The molecule has 6 heteroatoms. The van der Waals surface area contributed by atoms with Crippen LogP contribution in [0, 0.1) is 0 Å². The molecular weight excluding hydrogens is 283 g/mol. The zero-order chi connectivity index (χ0) is 15.5. The Morgan fingerprint density at radius 3 is 2.67 bits per heavy atom. The predicted molar refractivity (Wildman–Crippen MR) is 70.3 cm³/mol. The van der Waals surface area contributed by atoms with Crippen LogP contribution < -0.4 is 4.74 Å². The standard InChI is InChI=1S/C15H12F3NO2/c1-21-13-7-11(8-19-9-13)14(20)6-10-3-2-4-12(5-10)15(16,17)18/h2-5,7-9H,6H2,1H3. The van der Waals surface area contributed by atoms with Crippen molar-refractivity contribution < 1.29 is 22.7 Å². The average Bonchev–Trinajstić information content (AvgIpc) is 2.46. The van der Waals surface area contributed by atoms with Crippen molar-refractivity contribution in [3.8, 4) is 5.75 Å². The van der Waals surface area contributed by atoms with Gasteiger partial charge in [0.25, 0.3) is 0 Å². The van der Waals surface area contributed by atoms with Crippen LogP contribution in [0.2, 0.25) is 0 Å². The molecule has 110 valence electrons. The molecule has 2 aromatic rings. The van der Waals surface area contributed by atoms with Crippen LogP contribution in [0.1, 0.15) is 21.5 Å². The van der Waals surface area contributed by atoms with E-state index in [1.165, 1.54) is 37.7 Å². The zero-order valence-corrected chi connectivity index (χ0v) is 11.1. The van der Waals surface area contributed by atoms with Gasteiger partial charge in [0.15, 0.2) is 5.78 Å². The van der Waals surface area contributed by atoms with Crippen molar-refractivity contribution in [1.29, 1.82) is 0 Å². The first-order valence-electron chi connectivity index (χ1n) is 6.08. The number of carbonyl (C=O) groups is 1. The molecule has 1 aromatic carbocycles. The van der Waals surface area contributed by atoms with E-state index >= 15 is 0 Å². The van der Waals surface area contributed by atoms with Crippen LogP contribution in [0.4, 0.5) is 13.2 Å². The van der Waals surface area contributed by atoms with Crippen molar-refractivity contribution in [2.75, 3.05) is 7.11 Å². The lowest BCUT2D eigenvalue weighted by molar-refractivity contribution is -0.137. The van der Waals surface area contributed by atoms with E-state index in [-0.39, 0.29) is 12.2 Å². The second-order valence-electron chi connectivity index (χ2n) is 4.41. The van der Waals surface area contributed by atoms with Gasteiger partial charge in [-0.25, -0.2) is 0 Å². The number of nitrogens with zero attached hydrogens (tertiary/aromatic N) is 1. The van der Waals surface area contributed by atoms with E-state index < -0.39 is 11.7 Å².